The Kier molecular flexibility index (Phi) is 6.58. The third-order valence-corrected chi connectivity index (χ3v) is 5.78. The highest BCUT2D eigenvalue weighted by Gasteiger charge is 2.47. The molecule has 2 heterocycles. The number of hydrogen-bond donors (Lipinski definition) is 1. The molecule has 2 aromatic rings. The number of methoxy groups -OCH3 is 1. The summed E-state index contributed by atoms with van der Waals surface area (Å²) in [6, 6.07) is 6.51. The number of Topliss-reactive ketones (excluding diaryl/α,β-unsaturated/α-hetero) is 1. The van der Waals surface area contributed by atoms with Gasteiger partial charge in [-0.15, -0.1) is 0 Å². The van der Waals surface area contributed by atoms with Crippen LogP contribution >= 0.6 is 0 Å². The molecule has 0 radical (unpaired) electrons. The number of furan rings is 1. The van der Waals surface area contributed by atoms with Crippen LogP contribution < -0.4 is 4.74 Å². The van der Waals surface area contributed by atoms with Gasteiger partial charge in [0.1, 0.15) is 29.1 Å². The van der Waals surface area contributed by atoms with Crippen LogP contribution in [0.5, 0.6) is 5.75 Å². The van der Waals surface area contributed by atoms with Crippen LogP contribution in [-0.2, 0) is 9.59 Å². The van der Waals surface area contributed by atoms with E-state index < -0.39 is 17.7 Å². The summed E-state index contributed by atoms with van der Waals surface area (Å²) in [4.78, 5) is 27.5. The van der Waals surface area contributed by atoms with Gasteiger partial charge in [0.15, 0.2) is 0 Å². The van der Waals surface area contributed by atoms with E-state index in [9.17, 15) is 14.7 Å². The van der Waals surface area contributed by atoms with Crippen LogP contribution in [0, 0.1) is 13.8 Å². The molecule has 0 spiro atoms. The largest absolute Gasteiger partial charge is 0.507 e. The summed E-state index contributed by atoms with van der Waals surface area (Å²) in [6.07, 6.45) is 1.63. The number of aryl methyl sites for hydroxylation is 2. The molecule has 0 aliphatic carbocycles. The van der Waals surface area contributed by atoms with Gasteiger partial charge in [0.25, 0.3) is 11.7 Å². The molecule has 1 aromatic heterocycles. The second-order valence-electron chi connectivity index (χ2n) is 8.36. The molecule has 31 heavy (non-hydrogen) atoms. The maximum atomic E-state index is 13.1. The molecule has 6 nitrogen and oxygen atoms in total. The van der Waals surface area contributed by atoms with Gasteiger partial charge in [0.05, 0.1) is 12.7 Å². The third-order valence-electron chi connectivity index (χ3n) is 5.78. The summed E-state index contributed by atoms with van der Waals surface area (Å²) in [5.74, 6) is 0.559. The number of nitrogens with zero attached hydrogens (tertiary/aromatic N) is 1. The Balaban J connectivity index is 2.22. The lowest BCUT2D eigenvalue weighted by Gasteiger charge is -2.23. The first-order valence-corrected chi connectivity index (χ1v) is 10.7. The van der Waals surface area contributed by atoms with Crippen molar-refractivity contribution in [3.63, 3.8) is 0 Å². The van der Waals surface area contributed by atoms with Gasteiger partial charge < -0.3 is 19.2 Å². The maximum Gasteiger partial charge on any atom is 0.295 e. The second kappa shape index (κ2) is 9.00. The lowest BCUT2D eigenvalue weighted by atomic mass is 9.92. The zero-order valence-corrected chi connectivity index (χ0v) is 19.1. The third kappa shape index (κ3) is 4.11. The molecule has 1 fully saturated rings. The average Bonchev–Trinajstić information content (AvgIpc) is 3.26. The van der Waals surface area contributed by atoms with Crippen molar-refractivity contribution < 1.29 is 23.8 Å². The van der Waals surface area contributed by atoms with Crippen LogP contribution in [0.15, 0.2) is 34.3 Å². The molecule has 1 unspecified atom stereocenters. The summed E-state index contributed by atoms with van der Waals surface area (Å²) >= 11 is 0. The number of hydrogen-bond acceptors (Lipinski definition) is 5. The fourth-order valence-corrected chi connectivity index (χ4v) is 4.06. The summed E-state index contributed by atoms with van der Waals surface area (Å²) in [5, 5.41) is 11.3. The number of carbonyl (C=O) groups excluding carboxylic acids is 2. The molecular weight excluding hydrogens is 394 g/mol. The standard InChI is InChI=1S/C25H31NO5/c1-7-8-11-26-22(19-10-9-16(5)31-19)21(24(28)25(26)29)23(27)18-13-17(14(2)3)20(30-6)12-15(18)4/h9-10,12-14,22,27H,7-8,11H2,1-6H3/b23-21+. The summed E-state index contributed by atoms with van der Waals surface area (Å²) < 4.78 is 11.3. The number of aliphatic hydroxyl groups is 1. The Labute approximate surface area is 183 Å². The molecule has 0 saturated carbocycles. The normalized spacial score (nSPS) is 18.3. The first-order chi connectivity index (χ1) is 14.7. The zero-order chi connectivity index (χ0) is 22.9. The molecule has 166 valence electrons. The number of ketones is 1. The number of unbranched alkanes of at least 4 members (excludes halogenated alkanes) is 1. The van der Waals surface area contributed by atoms with Crippen LogP contribution in [0.3, 0.4) is 0 Å². The van der Waals surface area contributed by atoms with Gasteiger partial charge >= 0.3 is 0 Å². The van der Waals surface area contributed by atoms with Crippen LogP contribution in [0.4, 0.5) is 0 Å². The Bertz CT molecular complexity index is 1030. The van der Waals surface area contributed by atoms with Crippen molar-refractivity contribution in [1.29, 1.82) is 0 Å². The van der Waals surface area contributed by atoms with Crippen LogP contribution in [-0.4, -0.2) is 35.4 Å². The fourth-order valence-electron chi connectivity index (χ4n) is 4.06. The minimum atomic E-state index is -0.746. The molecule has 6 heteroatoms. The highest BCUT2D eigenvalue weighted by molar-refractivity contribution is 6.46. The van der Waals surface area contributed by atoms with Crippen LogP contribution in [0.1, 0.15) is 73.8 Å². The molecule has 0 bridgehead atoms. The van der Waals surface area contributed by atoms with E-state index in [1.54, 1.807) is 19.2 Å². The van der Waals surface area contributed by atoms with Crippen molar-refractivity contribution in [3.05, 3.63) is 58.0 Å². The number of carbonyl (C=O) groups is 2. The first-order valence-electron chi connectivity index (χ1n) is 10.7. The molecule has 1 saturated heterocycles. The van der Waals surface area contributed by atoms with Crippen molar-refractivity contribution in [2.24, 2.45) is 0 Å². The fraction of sp³-hybridized carbons (Fsp3) is 0.440. The van der Waals surface area contributed by atoms with Gasteiger partial charge in [-0.2, -0.15) is 0 Å². The van der Waals surface area contributed by atoms with Crippen molar-refractivity contribution in [2.45, 2.75) is 59.4 Å². The maximum absolute atomic E-state index is 13.1. The molecule has 1 atom stereocenters. The van der Waals surface area contributed by atoms with Crippen molar-refractivity contribution in [1.82, 2.24) is 4.90 Å². The number of likely N-dealkylation sites (tertiary alicyclic amines) is 1. The topological polar surface area (TPSA) is 80.0 Å². The number of amides is 1. The van der Waals surface area contributed by atoms with Gasteiger partial charge in [-0.05, 0) is 61.6 Å². The molecule has 1 N–H and O–H groups in total. The number of rotatable bonds is 7. The van der Waals surface area contributed by atoms with E-state index >= 15 is 0 Å². The van der Waals surface area contributed by atoms with Gasteiger partial charge in [0, 0.05) is 12.1 Å². The molecule has 1 amide bonds. The summed E-state index contributed by atoms with van der Waals surface area (Å²) in [7, 11) is 1.61. The number of benzene rings is 1. The second-order valence-corrected chi connectivity index (χ2v) is 8.36. The Morgan fingerprint density at radius 2 is 1.94 bits per heavy atom. The van der Waals surface area contributed by atoms with Crippen molar-refractivity contribution in [2.75, 3.05) is 13.7 Å². The summed E-state index contributed by atoms with van der Waals surface area (Å²) in [5.41, 5.74) is 2.26. The highest BCUT2D eigenvalue weighted by Crippen LogP contribution is 2.41. The minimum Gasteiger partial charge on any atom is -0.507 e. The average molecular weight is 426 g/mol. The van der Waals surface area contributed by atoms with Gasteiger partial charge in [-0.3, -0.25) is 9.59 Å². The Hall–Kier alpha value is -3.02. The predicted molar refractivity (Wildman–Crippen MR) is 119 cm³/mol. The van der Waals surface area contributed by atoms with E-state index in [0.29, 0.717) is 23.6 Å². The van der Waals surface area contributed by atoms with E-state index in [-0.39, 0.29) is 17.3 Å². The van der Waals surface area contributed by atoms with Crippen LogP contribution in [0.25, 0.3) is 5.76 Å². The molecule has 3 rings (SSSR count). The van der Waals surface area contributed by atoms with E-state index in [2.05, 4.69) is 0 Å². The van der Waals surface area contributed by atoms with Crippen molar-refractivity contribution >= 4 is 17.4 Å². The first kappa shape index (κ1) is 22.7. The Morgan fingerprint density at radius 3 is 2.48 bits per heavy atom. The Morgan fingerprint density at radius 1 is 1.23 bits per heavy atom. The van der Waals surface area contributed by atoms with Crippen molar-refractivity contribution in [3.8, 4) is 5.75 Å². The SMILES string of the molecule is CCCCN1C(=O)C(=O)/C(=C(/O)c2cc(C(C)C)c(OC)cc2C)C1c1ccc(C)o1. The van der Waals surface area contributed by atoms with E-state index in [1.807, 2.05) is 46.8 Å². The lowest BCUT2D eigenvalue weighted by molar-refractivity contribution is -0.140. The zero-order valence-electron chi connectivity index (χ0n) is 19.1. The van der Waals surface area contributed by atoms with Gasteiger partial charge in [0.2, 0.25) is 0 Å². The monoisotopic (exact) mass is 425 g/mol. The van der Waals surface area contributed by atoms with E-state index in [4.69, 9.17) is 9.15 Å². The van der Waals surface area contributed by atoms with E-state index in [1.165, 1.54) is 4.90 Å². The molecular formula is C25H31NO5. The smallest absolute Gasteiger partial charge is 0.295 e. The van der Waals surface area contributed by atoms with Crippen LogP contribution in [0.2, 0.25) is 0 Å². The lowest BCUT2D eigenvalue weighted by Crippen LogP contribution is -2.30. The molecule has 1 aliphatic heterocycles. The number of aliphatic hydroxyl groups excluding tert-OH is 1. The molecule has 1 aromatic carbocycles. The van der Waals surface area contributed by atoms with E-state index in [0.717, 1.165) is 29.7 Å². The predicted octanol–water partition coefficient (Wildman–Crippen LogP) is 5.25. The van der Waals surface area contributed by atoms with Gasteiger partial charge in [-0.25, -0.2) is 0 Å². The number of ether oxygens (including phenoxy) is 1. The minimum absolute atomic E-state index is 0.0680. The highest BCUT2D eigenvalue weighted by atomic mass is 16.5. The quantitative estimate of drug-likeness (QED) is 0.372. The molecule has 1 aliphatic rings. The van der Waals surface area contributed by atoms with Gasteiger partial charge in [-0.1, -0.05) is 27.2 Å². The summed E-state index contributed by atoms with van der Waals surface area (Å²) in [6.45, 7) is 10.2.